The molecule has 0 radical (unpaired) electrons. The number of benzene rings is 8. The molecule has 14 rings (SSSR count). The minimum atomic E-state index is -0.154. The summed E-state index contributed by atoms with van der Waals surface area (Å²) >= 11 is 0. The van der Waals surface area contributed by atoms with Gasteiger partial charge < -0.3 is 9.80 Å². The molecule has 2 unspecified atom stereocenters. The molecule has 0 spiro atoms. The molecule has 73 heavy (non-hydrogen) atoms. The van der Waals surface area contributed by atoms with Crippen LogP contribution in [0.4, 0.5) is 34.1 Å². The van der Waals surface area contributed by atoms with E-state index in [1.54, 1.807) is 5.56 Å². The Kier molecular flexibility index (Phi) is 11.3. The third-order valence-electron chi connectivity index (χ3n) is 19.1. The number of hydrogen-bond acceptors (Lipinski definition) is 2. The molecule has 8 aromatic rings. The van der Waals surface area contributed by atoms with Crippen LogP contribution in [-0.2, 0) is 16.2 Å². The van der Waals surface area contributed by atoms with Crippen molar-refractivity contribution in [2.24, 2.45) is 29.1 Å². The van der Waals surface area contributed by atoms with Gasteiger partial charge in [0.25, 0.3) is 0 Å². The molecule has 0 aromatic heterocycles. The summed E-state index contributed by atoms with van der Waals surface area (Å²) in [6.07, 6.45) is 13.5. The first-order valence-electron chi connectivity index (χ1n) is 27.8. The standard InChI is InChI=1S/C71H72N2/c1-68(2,3)66-26-15-16-41-71(66,54-29-35-59(36-30-54)72(56-20-11-7-12-21-56)58-33-27-53(28-34-58)70-46-49-42-50(47-70)44-51(43-49)48-70)55-31-37-60(38-32-55)73(57-22-13-8-14-23-57)61-39-40-63-65(45-61)69(4,5)64-25-17-24-62(67(63)64)52-18-9-6-10-19-52/h6-14,17-25,27-40,45,49-51,66H,15-16,26,41-44,46-48H2,1-5H3. The Hall–Kier alpha value is -6.64. The number of rotatable bonds is 10. The lowest BCUT2D eigenvalue weighted by atomic mass is 9.48. The molecule has 0 N–H and O–H groups in total. The zero-order chi connectivity index (χ0) is 49.5. The first-order chi connectivity index (χ1) is 35.5. The topological polar surface area (TPSA) is 6.48 Å². The van der Waals surface area contributed by atoms with Crippen molar-refractivity contribution in [3.05, 3.63) is 228 Å². The van der Waals surface area contributed by atoms with Crippen LogP contribution < -0.4 is 9.80 Å². The van der Waals surface area contributed by atoms with Crippen molar-refractivity contribution >= 4 is 34.1 Å². The van der Waals surface area contributed by atoms with Crippen LogP contribution in [0.25, 0.3) is 22.3 Å². The van der Waals surface area contributed by atoms with Crippen molar-refractivity contribution in [1.29, 1.82) is 0 Å². The molecule has 6 aliphatic rings. The van der Waals surface area contributed by atoms with Crippen molar-refractivity contribution in [2.75, 3.05) is 9.80 Å². The van der Waals surface area contributed by atoms with E-state index in [9.17, 15) is 0 Å². The Morgan fingerprint density at radius 2 is 0.890 bits per heavy atom. The van der Waals surface area contributed by atoms with Gasteiger partial charge in [-0.3, -0.25) is 0 Å². The predicted molar refractivity (Wildman–Crippen MR) is 307 cm³/mol. The Morgan fingerprint density at radius 1 is 0.425 bits per heavy atom. The molecule has 366 valence electrons. The van der Waals surface area contributed by atoms with E-state index in [0.29, 0.717) is 11.3 Å². The van der Waals surface area contributed by atoms with Gasteiger partial charge in [-0.05, 0) is 209 Å². The van der Waals surface area contributed by atoms with E-state index in [2.05, 4.69) is 245 Å². The molecule has 5 fully saturated rings. The largest absolute Gasteiger partial charge is 0.311 e. The van der Waals surface area contributed by atoms with Crippen molar-refractivity contribution in [3.63, 3.8) is 0 Å². The molecule has 2 heteroatoms. The van der Waals surface area contributed by atoms with Gasteiger partial charge in [0.2, 0.25) is 0 Å². The first-order valence-corrected chi connectivity index (χ1v) is 27.8. The quantitative estimate of drug-likeness (QED) is 0.135. The molecule has 4 bridgehead atoms. The highest BCUT2D eigenvalue weighted by Gasteiger charge is 2.52. The van der Waals surface area contributed by atoms with Crippen LogP contribution in [0.5, 0.6) is 0 Å². The van der Waals surface area contributed by atoms with Crippen LogP contribution in [0.2, 0.25) is 0 Å². The van der Waals surface area contributed by atoms with Gasteiger partial charge in [0, 0.05) is 45.0 Å². The molecule has 5 saturated carbocycles. The van der Waals surface area contributed by atoms with E-state index >= 15 is 0 Å². The summed E-state index contributed by atoms with van der Waals surface area (Å²) in [5, 5.41) is 0. The minimum Gasteiger partial charge on any atom is -0.311 e. The van der Waals surface area contributed by atoms with E-state index in [1.165, 1.54) is 131 Å². The first kappa shape index (κ1) is 46.2. The zero-order valence-electron chi connectivity index (χ0n) is 43.8. The van der Waals surface area contributed by atoms with Gasteiger partial charge in [0.1, 0.15) is 0 Å². The smallest absolute Gasteiger partial charge is 0.0465 e. The summed E-state index contributed by atoms with van der Waals surface area (Å²) in [4.78, 5) is 4.95. The third-order valence-corrected chi connectivity index (χ3v) is 19.1. The van der Waals surface area contributed by atoms with Crippen LogP contribution in [0.3, 0.4) is 0 Å². The van der Waals surface area contributed by atoms with E-state index in [-0.39, 0.29) is 16.2 Å². The minimum absolute atomic E-state index is 0.109. The molecule has 2 nitrogen and oxygen atoms in total. The van der Waals surface area contributed by atoms with Gasteiger partial charge in [0.05, 0.1) is 0 Å². The number of hydrogen-bond donors (Lipinski definition) is 0. The molecule has 2 atom stereocenters. The van der Waals surface area contributed by atoms with E-state index in [4.69, 9.17) is 0 Å². The maximum atomic E-state index is 2.51. The summed E-state index contributed by atoms with van der Waals surface area (Å²) < 4.78 is 0. The fraction of sp³-hybridized carbons (Fsp3) is 0.324. The molecule has 0 heterocycles. The van der Waals surface area contributed by atoms with Crippen LogP contribution in [0, 0.1) is 29.1 Å². The van der Waals surface area contributed by atoms with Gasteiger partial charge in [0.15, 0.2) is 0 Å². The second-order valence-electron chi connectivity index (χ2n) is 24.8. The van der Waals surface area contributed by atoms with E-state index < -0.39 is 0 Å². The average Bonchev–Trinajstić information content (AvgIpc) is 3.65. The third kappa shape index (κ3) is 7.80. The van der Waals surface area contributed by atoms with Crippen LogP contribution in [-0.4, -0.2) is 0 Å². The molecular formula is C71H72N2. The molecular weight excluding hydrogens is 881 g/mol. The highest BCUT2D eigenvalue weighted by molar-refractivity contribution is 5.94. The van der Waals surface area contributed by atoms with Crippen molar-refractivity contribution in [1.82, 2.24) is 0 Å². The summed E-state index contributed by atoms with van der Waals surface area (Å²) in [6, 6.07) is 76.5. The lowest BCUT2D eigenvalue weighted by molar-refractivity contribution is -0.00518. The second kappa shape index (κ2) is 17.8. The average molecular weight is 953 g/mol. The van der Waals surface area contributed by atoms with Crippen LogP contribution in [0.15, 0.2) is 200 Å². The molecule has 0 aliphatic heterocycles. The maximum Gasteiger partial charge on any atom is 0.0465 e. The fourth-order valence-corrected chi connectivity index (χ4v) is 16.3. The fourth-order valence-electron chi connectivity index (χ4n) is 16.3. The lowest BCUT2D eigenvalue weighted by Crippen LogP contribution is -2.48. The maximum absolute atomic E-state index is 2.51. The van der Waals surface area contributed by atoms with Crippen molar-refractivity contribution in [3.8, 4) is 22.3 Å². The highest BCUT2D eigenvalue weighted by Crippen LogP contribution is 2.61. The Balaban J connectivity index is 0.867. The molecule has 0 amide bonds. The van der Waals surface area contributed by atoms with E-state index in [1.807, 2.05) is 0 Å². The summed E-state index contributed by atoms with van der Waals surface area (Å²) in [5.41, 5.74) is 19.9. The monoisotopic (exact) mass is 953 g/mol. The second-order valence-corrected chi connectivity index (χ2v) is 24.8. The normalized spacial score (nSPS) is 24.5. The van der Waals surface area contributed by atoms with Gasteiger partial charge in [-0.2, -0.15) is 0 Å². The Morgan fingerprint density at radius 3 is 1.41 bits per heavy atom. The lowest BCUT2D eigenvalue weighted by Gasteiger charge is -2.57. The summed E-state index contributed by atoms with van der Waals surface area (Å²) in [6.45, 7) is 12.3. The number of para-hydroxylation sites is 2. The zero-order valence-corrected chi connectivity index (χ0v) is 43.8. The van der Waals surface area contributed by atoms with Gasteiger partial charge in [-0.25, -0.2) is 0 Å². The summed E-state index contributed by atoms with van der Waals surface area (Å²) in [7, 11) is 0. The van der Waals surface area contributed by atoms with Gasteiger partial charge in [-0.1, -0.05) is 175 Å². The molecule has 6 aliphatic carbocycles. The molecule has 8 aromatic carbocycles. The molecule has 0 saturated heterocycles. The van der Waals surface area contributed by atoms with Crippen molar-refractivity contribution < 1.29 is 0 Å². The van der Waals surface area contributed by atoms with Gasteiger partial charge >= 0.3 is 0 Å². The number of fused-ring (bicyclic) bond motifs is 3. The number of nitrogens with zero attached hydrogens (tertiary/aromatic N) is 2. The Bertz CT molecular complexity index is 3220. The van der Waals surface area contributed by atoms with Crippen LogP contribution >= 0.6 is 0 Å². The highest BCUT2D eigenvalue weighted by atomic mass is 15.1. The number of anilines is 6. The van der Waals surface area contributed by atoms with Crippen molar-refractivity contribution in [2.45, 2.75) is 115 Å². The van der Waals surface area contributed by atoms with Crippen LogP contribution in [0.1, 0.15) is 127 Å². The predicted octanol–water partition coefficient (Wildman–Crippen LogP) is 19.6. The summed E-state index contributed by atoms with van der Waals surface area (Å²) in [5.74, 6) is 3.29. The van der Waals surface area contributed by atoms with E-state index in [0.717, 1.165) is 29.9 Å². The SMILES string of the molecule is CC1(C)c2cc(N(c3ccccc3)c3ccc(C4(c5ccc(N(c6ccccc6)c6ccc(C78CC9CC(CC(C9)C7)C8)cc6)cc5)CCCCC4C(C)(C)C)cc3)ccc2-c2c(-c3ccccc3)cccc21. The van der Waals surface area contributed by atoms with Gasteiger partial charge in [-0.15, -0.1) is 0 Å². The Labute approximate surface area is 436 Å².